The van der Waals surface area contributed by atoms with Crippen molar-refractivity contribution in [2.75, 3.05) is 6.54 Å². The first-order valence-electron chi connectivity index (χ1n) is 7.03. The third kappa shape index (κ3) is 4.45. The van der Waals surface area contributed by atoms with Crippen molar-refractivity contribution in [1.82, 2.24) is 15.1 Å². The van der Waals surface area contributed by atoms with Crippen LogP contribution in [0, 0.1) is 0 Å². The van der Waals surface area contributed by atoms with E-state index in [1.807, 2.05) is 6.20 Å². The van der Waals surface area contributed by atoms with Crippen molar-refractivity contribution in [3.05, 3.63) is 18.0 Å². The predicted molar refractivity (Wildman–Crippen MR) is 77.9 cm³/mol. The van der Waals surface area contributed by atoms with E-state index in [-0.39, 0.29) is 11.0 Å². The minimum Gasteiger partial charge on any atom is -0.312 e. The van der Waals surface area contributed by atoms with Crippen molar-refractivity contribution < 1.29 is 0 Å². The molecule has 18 heavy (non-hydrogen) atoms. The van der Waals surface area contributed by atoms with Crippen LogP contribution in [0.3, 0.4) is 0 Å². The van der Waals surface area contributed by atoms with E-state index in [1.54, 1.807) is 0 Å². The smallest absolute Gasteiger partial charge is 0.0492 e. The van der Waals surface area contributed by atoms with Gasteiger partial charge in [-0.05, 0) is 46.2 Å². The zero-order valence-electron chi connectivity index (χ0n) is 12.9. The maximum Gasteiger partial charge on any atom is 0.0492 e. The van der Waals surface area contributed by atoms with E-state index in [4.69, 9.17) is 0 Å². The number of aryl methyl sites for hydroxylation is 1. The van der Waals surface area contributed by atoms with Gasteiger partial charge in [-0.15, -0.1) is 0 Å². The summed E-state index contributed by atoms with van der Waals surface area (Å²) in [7, 11) is 0. The van der Waals surface area contributed by atoms with Crippen LogP contribution in [-0.2, 0) is 12.0 Å². The molecule has 3 heteroatoms. The molecule has 104 valence electrons. The standard InChI is InChI=1S/C15H29N3/c1-7-12-18-13(8-10-17-18)15(5,6)9-11-16-14(2,3)4/h8,10,16H,7,9,11-12H2,1-6H3. The highest BCUT2D eigenvalue weighted by atomic mass is 15.3. The Bertz CT molecular complexity index is 358. The lowest BCUT2D eigenvalue weighted by Gasteiger charge is -2.28. The van der Waals surface area contributed by atoms with Gasteiger partial charge >= 0.3 is 0 Å². The molecule has 0 atom stereocenters. The van der Waals surface area contributed by atoms with E-state index in [0.717, 1.165) is 25.9 Å². The molecule has 0 bridgehead atoms. The largest absolute Gasteiger partial charge is 0.312 e. The van der Waals surface area contributed by atoms with Crippen molar-refractivity contribution in [2.24, 2.45) is 0 Å². The summed E-state index contributed by atoms with van der Waals surface area (Å²) < 4.78 is 2.15. The van der Waals surface area contributed by atoms with Gasteiger partial charge in [-0.2, -0.15) is 5.10 Å². The molecule has 0 aliphatic heterocycles. The van der Waals surface area contributed by atoms with Gasteiger partial charge in [-0.1, -0.05) is 20.8 Å². The Balaban J connectivity index is 2.64. The fraction of sp³-hybridized carbons (Fsp3) is 0.800. The van der Waals surface area contributed by atoms with Crippen molar-refractivity contribution in [3.8, 4) is 0 Å². The van der Waals surface area contributed by atoms with Crippen LogP contribution in [0.1, 0.15) is 60.1 Å². The fourth-order valence-electron chi connectivity index (χ4n) is 2.18. The highest BCUT2D eigenvalue weighted by molar-refractivity contribution is 5.13. The van der Waals surface area contributed by atoms with Crippen LogP contribution < -0.4 is 5.32 Å². The molecule has 0 saturated heterocycles. The Kier molecular flexibility index (Phi) is 4.97. The lowest BCUT2D eigenvalue weighted by molar-refractivity contribution is 0.363. The molecule has 0 aromatic carbocycles. The molecular weight excluding hydrogens is 222 g/mol. The monoisotopic (exact) mass is 251 g/mol. The number of hydrogen-bond donors (Lipinski definition) is 1. The van der Waals surface area contributed by atoms with Crippen molar-refractivity contribution >= 4 is 0 Å². The van der Waals surface area contributed by atoms with Crippen LogP contribution in [-0.4, -0.2) is 21.9 Å². The van der Waals surface area contributed by atoms with E-state index in [9.17, 15) is 0 Å². The van der Waals surface area contributed by atoms with Gasteiger partial charge in [0.25, 0.3) is 0 Å². The second-order valence-electron chi connectivity index (χ2n) is 6.75. The van der Waals surface area contributed by atoms with Crippen LogP contribution in [0.4, 0.5) is 0 Å². The van der Waals surface area contributed by atoms with Crippen molar-refractivity contribution in [1.29, 1.82) is 0 Å². The third-order valence-electron chi connectivity index (χ3n) is 3.25. The molecule has 1 heterocycles. The Labute approximate surface area is 112 Å². The summed E-state index contributed by atoms with van der Waals surface area (Å²) in [6, 6.07) is 2.16. The summed E-state index contributed by atoms with van der Waals surface area (Å²) in [5, 5.41) is 7.99. The number of nitrogens with zero attached hydrogens (tertiary/aromatic N) is 2. The minimum atomic E-state index is 0.171. The first kappa shape index (κ1) is 15.2. The van der Waals surface area contributed by atoms with E-state index < -0.39 is 0 Å². The number of nitrogens with one attached hydrogen (secondary N) is 1. The topological polar surface area (TPSA) is 29.9 Å². The van der Waals surface area contributed by atoms with Gasteiger partial charge in [0.15, 0.2) is 0 Å². The molecule has 0 saturated carbocycles. The molecule has 1 N–H and O–H groups in total. The Morgan fingerprint density at radius 1 is 1.22 bits per heavy atom. The molecule has 0 amide bonds. The molecule has 1 aromatic rings. The van der Waals surface area contributed by atoms with Gasteiger partial charge in [0.05, 0.1) is 0 Å². The maximum atomic E-state index is 4.43. The number of rotatable bonds is 6. The quantitative estimate of drug-likeness (QED) is 0.840. The maximum absolute atomic E-state index is 4.43. The van der Waals surface area contributed by atoms with Crippen LogP contribution in [0.25, 0.3) is 0 Å². The molecule has 3 nitrogen and oxygen atoms in total. The molecular formula is C15H29N3. The van der Waals surface area contributed by atoms with Crippen LogP contribution in [0.5, 0.6) is 0 Å². The summed E-state index contributed by atoms with van der Waals surface area (Å²) in [6.45, 7) is 15.5. The van der Waals surface area contributed by atoms with Crippen LogP contribution >= 0.6 is 0 Å². The number of hydrogen-bond acceptors (Lipinski definition) is 2. The molecule has 1 rings (SSSR count). The lowest BCUT2D eigenvalue weighted by atomic mass is 9.85. The summed E-state index contributed by atoms with van der Waals surface area (Å²) in [5.41, 5.74) is 1.71. The minimum absolute atomic E-state index is 0.171. The molecule has 0 aliphatic carbocycles. The summed E-state index contributed by atoms with van der Waals surface area (Å²) in [6.07, 6.45) is 4.18. The van der Waals surface area contributed by atoms with Crippen LogP contribution in [0.2, 0.25) is 0 Å². The highest BCUT2D eigenvalue weighted by Crippen LogP contribution is 2.26. The molecule has 0 radical (unpaired) electrons. The second kappa shape index (κ2) is 5.87. The van der Waals surface area contributed by atoms with E-state index >= 15 is 0 Å². The molecule has 0 spiro atoms. The first-order chi connectivity index (χ1) is 8.26. The van der Waals surface area contributed by atoms with Crippen molar-refractivity contribution in [2.45, 2.75) is 71.9 Å². The third-order valence-corrected chi connectivity index (χ3v) is 3.25. The van der Waals surface area contributed by atoms with Gasteiger partial charge in [0.1, 0.15) is 0 Å². The predicted octanol–water partition coefficient (Wildman–Crippen LogP) is 3.35. The second-order valence-corrected chi connectivity index (χ2v) is 6.75. The Hall–Kier alpha value is -0.830. The van der Waals surface area contributed by atoms with Gasteiger partial charge in [-0.25, -0.2) is 0 Å². The summed E-state index contributed by atoms with van der Waals surface area (Å²) >= 11 is 0. The summed E-state index contributed by atoms with van der Waals surface area (Å²) in [5.74, 6) is 0. The average Bonchev–Trinajstić information content (AvgIpc) is 2.64. The number of aromatic nitrogens is 2. The van der Waals surface area contributed by atoms with Crippen molar-refractivity contribution in [3.63, 3.8) is 0 Å². The SMILES string of the molecule is CCCn1nccc1C(C)(C)CCNC(C)(C)C. The molecule has 1 aromatic heterocycles. The Morgan fingerprint density at radius 2 is 1.89 bits per heavy atom. The van der Waals surface area contributed by atoms with Gasteiger partial charge in [0, 0.05) is 29.4 Å². The molecule has 0 aliphatic rings. The zero-order valence-corrected chi connectivity index (χ0v) is 12.9. The fourth-order valence-corrected chi connectivity index (χ4v) is 2.18. The highest BCUT2D eigenvalue weighted by Gasteiger charge is 2.24. The summed E-state index contributed by atoms with van der Waals surface area (Å²) in [4.78, 5) is 0. The van der Waals surface area contributed by atoms with E-state index in [1.165, 1.54) is 5.69 Å². The zero-order chi connectivity index (χ0) is 13.8. The molecule has 0 fully saturated rings. The molecule has 0 unspecified atom stereocenters. The van der Waals surface area contributed by atoms with Crippen LogP contribution in [0.15, 0.2) is 12.3 Å². The lowest BCUT2D eigenvalue weighted by Crippen LogP contribution is -2.39. The van der Waals surface area contributed by atoms with E-state index in [0.29, 0.717) is 0 Å². The first-order valence-corrected chi connectivity index (χ1v) is 7.03. The average molecular weight is 251 g/mol. The van der Waals surface area contributed by atoms with Gasteiger partial charge < -0.3 is 5.32 Å². The van der Waals surface area contributed by atoms with Gasteiger partial charge in [0.2, 0.25) is 0 Å². The van der Waals surface area contributed by atoms with Gasteiger partial charge in [-0.3, -0.25) is 4.68 Å². The Morgan fingerprint density at radius 3 is 2.44 bits per heavy atom. The van der Waals surface area contributed by atoms with E-state index in [2.05, 4.69) is 62.7 Å². The normalized spacial score (nSPS) is 13.0.